The number of rotatable bonds is 8. The second-order valence-corrected chi connectivity index (χ2v) is 9.98. The van der Waals surface area contributed by atoms with E-state index in [0.29, 0.717) is 12.1 Å². The van der Waals surface area contributed by atoms with Gasteiger partial charge in [0, 0.05) is 17.8 Å². The summed E-state index contributed by atoms with van der Waals surface area (Å²) in [5.41, 5.74) is 10.5. The zero-order valence-electron chi connectivity index (χ0n) is 20.0. The second kappa shape index (κ2) is 12.2. The number of carbonyl (C=O) groups is 4. The molecule has 0 spiro atoms. The third kappa shape index (κ3) is 6.95. The van der Waals surface area contributed by atoms with Crippen LogP contribution in [0.1, 0.15) is 23.2 Å². The van der Waals surface area contributed by atoms with Gasteiger partial charge >= 0.3 is 12.0 Å². The first-order valence-corrected chi connectivity index (χ1v) is 12.7. The lowest BCUT2D eigenvalue weighted by molar-refractivity contribution is -0.145. The van der Waals surface area contributed by atoms with Gasteiger partial charge in [0.2, 0.25) is 15.9 Å². The van der Waals surface area contributed by atoms with Crippen LogP contribution < -0.4 is 27.2 Å². The van der Waals surface area contributed by atoms with Crippen LogP contribution in [0.25, 0.3) is 0 Å². The molecule has 1 heterocycles. The summed E-state index contributed by atoms with van der Waals surface area (Å²) < 4.78 is 31.9. The maximum atomic E-state index is 13.0. The molecule has 13 nitrogen and oxygen atoms in total. The number of nitrogens with zero attached hydrogens (tertiary/aromatic N) is 1. The summed E-state index contributed by atoms with van der Waals surface area (Å²) in [7, 11) is -2.83. The molecule has 4 amide bonds. The first-order valence-electron chi connectivity index (χ1n) is 11.3. The van der Waals surface area contributed by atoms with Gasteiger partial charge in [-0.25, -0.2) is 23.4 Å². The summed E-state index contributed by atoms with van der Waals surface area (Å²) in [6.07, 6.45) is 0.718. The van der Waals surface area contributed by atoms with Gasteiger partial charge in [-0.1, -0.05) is 24.3 Å². The number of ether oxygens (including phenoxy) is 1. The van der Waals surface area contributed by atoms with Crippen LogP contribution in [0.3, 0.4) is 0 Å². The fraction of sp³-hybridized carbons (Fsp3) is 0.304. The van der Waals surface area contributed by atoms with Crippen LogP contribution in [0.5, 0.6) is 0 Å². The highest BCUT2D eigenvalue weighted by Crippen LogP contribution is 2.26. The highest BCUT2D eigenvalue weighted by molar-refractivity contribution is 7.89. The Hall–Kier alpha value is -4.17. The quantitative estimate of drug-likeness (QED) is 0.174. The number of urea groups is 1. The average Bonchev–Trinajstić information content (AvgIpc) is 3.41. The van der Waals surface area contributed by atoms with Crippen LogP contribution in [-0.4, -0.2) is 68.8 Å². The van der Waals surface area contributed by atoms with E-state index in [9.17, 15) is 27.6 Å². The van der Waals surface area contributed by atoms with Crippen LogP contribution in [0.4, 0.5) is 10.5 Å². The molecule has 0 aliphatic carbocycles. The van der Waals surface area contributed by atoms with E-state index in [0.717, 1.165) is 11.4 Å². The molecule has 2 aromatic rings. The highest BCUT2D eigenvalue weighted by Gasteiger charge is 2.40. The van der Waals surface area contributed by atoms with Crippen molar-refractivity contribution in [2.45, 2.75) is 29.8 Å². The van der Waals surface area contributed by atoms with Gasteiger partial charge in [0.15, 0.2) is 0 Å². The minimum atomic E-state index is -3.93. The monoisotopic (exact) mass is 532 g/mol. The molecule has 0 radical (unpaired) electrons. The maximum absolute atomic E-state index is 13.0. The van der Waals surface area contributed by atoms with Gasteiger partial charge in [-0.3, -0.25) is 15.0 Å². The number of methoxy groups -OCH3 is 1. The molecule has 3 rings (SSSR count). The van der Waals surface area contributed by atoms with Crippen molar-refractivity contribution in [3.63, 3.8) is 0 Å². The first-order chi connectivity index (χ1) is 17.6. The lowest BCUT2D eigenvalue weighted by atomic mass is 10.2. The maximum Gasteiger partial charge on any atom is 0.333 e. The van der Waals surface area contributed by atoms with Crippen molar-refractivity contribution in [2.24, 2.45) is 0 Å². The molecule has 0 aromatic heterocycles. The van der Waals surface area contributed by atoms with Gasteiger partial charge in [-0.2, -0.15) is 4.31 Å². The molecule has 1 aliphatic rings. The number of nitrogens with one attached hydrogen (secondary N) is 4. The third-order valence-electron chi connectivity index (χ3n) is 5.56. The lowest BCUT2D eigenvalue weighted by Crippen LogP contribution is -2.56. The van der Waals surface area contributed by atoms with Gasteiger partial charge < -0.3 is 21.1 Å². The van der Waals surface area contributed by atoms with Crippen molar-refractivity contribution in [2.75, 3.05) is 25.9 Å². The van der Waals surface area contributed by atoms with Crippen LogP contribution in [0.15, 0.2) is 59.5 Å². The Kier molecular flexibility index (Phi) is 9.03. The number of hydrogen-bond donors (Lipinski definition) is 5. The molecule has 1 aliphatic heterocycles. The van der Waals surface area contributed by atoms with Crippen molar-refractivity contribution in [3.05, 3.63) is 60.2 Å². The summed E-state index contributed by atoms with van der Waals surface area (Å²) in [5, 5.41) is 4.79. The first kappa shape index (κ1) is 27.4. The number of anilines is 1. The standard InChI is InChI=1S/C23H28N6O7S/c1-36-22(32)18(14-25-23(33)28-27-20(30)15-7-5-8-16(24)13-15)26-21(31)19-11-6-12-29(19)37(34,35)17-9-3-2-4-10-17/h2-5,7-10,13,18-19H,6,11-12,14,24H2,1H3,(H,26,31)(H,27,30)(H2,25,28,33)/t18-,19-/m0/s1. The van der Waals surface area contributed by atoms with E-state index in [-0.39, 0.29) is 23.4 Å². The SMILES string of the molecule is COC(=O)[C@H](CNC(=O)NNC(=O)c1cccc(N)c1)NC(=O)[C@@H]1CCCN1S(=O)(=O)c1ccccc1. The number of hydrogen-bond acceptors (Lipinski definition) is 8. The Balaban J connectivity index is 1.58. The molecule has 2 aromatic carbocycles. The molecule has 1 saturated heterocycles. The minimum absolute atomic E-state index is 0.0535. The number of nitrogens with two attached hydrogens (primary N) is 1. The summed E-state index contributed by atoms with van der Waals surface area (Å²) in [6, 6.07) is 10.6. The molecule has 2 atom stereocenters. The molecule has 14 heteroatoms. The molecular formula is C23H28N6O7S. The summed E-state index contributed by atoms with van der Waals surface area (Å²) in [4.78, 5) is 49.5. The normalized spacial score (nSPS) is 16.3. The van der Waals surface area contributed by atoms with E-state index in [2.05, 4.69) is 21.5 Å². The largest absolute Gasteiger partial charge is 0.467 e. The zero-order valence-corrected chi connectivity index (χ0v) is 20.8. The number of sulfonamides is 1. The Morgan fingerprint density at radius 2 is 1.81 bits per heavy atom. The van der Waals surface area contributed by atoms with Crippen molar-refractivity contribution >= 4 is 39.5 Å². The van der Waals surface area contributed by atoms with E-state index < -0.39 is 52.5 Å². The zero-order chi connectivity index (χ0) is 27.0. The smallest absolute Gasteiger partial charge is 0.333 e. The number of carbonyl (C=O) groups excluding carboxylic acids is 4. The molecule has 0 saturated carbocycles. The van der Waals surface area contributed by atoms with E-state index in [4.69, 9.17) is 10.5 Å². The van der Waals surface area contributed by atoms with Gasteiger partial charge in [-0.15, -0.1) is 0 Å². The summed E-state index contributed by atoms with van der Waals surface area (Å²) in [6.45, 7) is -0.248. The van der Waals surface area contributed by atoms with Crippen LogP contribution in [0, 0.1) is 0 Å². The fourth-order valence-electron chi connectivity index (χ4n) is 3.73. The fourth-order valence-corrected chi connectivity index (χ4v) is 5.40. The van der Waals surface area contributed by atoms with Gasteiger partial charge in [0.25, 0.3) is 5.91 Å². The lowest BCUT2D eigenvalue weighted by Gasteiger charge is -2.25. The third-order valence-corrected chi connectivity index (χ3v) is 7.49. The highest BCUT2D eigenvalue weighted by atomic mass is 32.2. The molecule has 1 fully saturated rings. The van der Waals surface area contributed by atoms with Gasteiger partial charge in [-0.05, 0) is 43.2 Å². The van der Waals surface area contributed by atoms with E-state index in [1.165, 1.54) is 24.3 Å². The Morgan fingerprint density at radius 1 is 1.08 bits per heavy atom. The number of hydrazine groups is 1. The van der Waals surface area contributed by atoms with Gasteiger partial charge in [0.05, 0.1) is 18.6 Å². The Bertz CT molecular complexity index is 1260. The van der Waals surface area contributed by atoms with E-state index in [1.54, 1.807) is 30.3 Å². The Morgan fingerprint density at radius 3 is 2.49 bits per heavy atom. The van der Waals surface area contributed by atoms with Crippen molar-refractivity contribution in [1.29, 1.82) is 0 Å². The van der Waals surface area contributed by atoms with Crippen molar-refractivity contribution in [1.82, 2.24) is 25.8 Å². The van der Waals surface area contributed by atoms with Gasteiger partial charge in [0.1, 0.15) is 12.1 Å². The van der Waals surface area contributed by atoms with Crippen LogP contribution >= 0.6 is 0 Å². The topological polar surface area (TPSA) is 189 Å². The Labute approximate surface area is 213 Å². The van der Waals surface area contributed by atoms with Crippen molar-refractivity contribution in [3.8, 4) is 0 Å². The average molecular weight is 533 g/mol. The van der Waals surface area contributed by atoms with E-state index >= 15 is 0 Å². The van der Waals surface area contributed by atoms with Crippen LogP contribution in [-0.2, 0) is 24.3 Å². The predicted molar refractivity (Wildman–Crippen MR) is 132 cm³/mol. The number of amides is 4. The molecule has 0 bridgehead atoms. The predicted octanol–water partition coefficient (Wildman–Crippen LogP) is -0.276. The molecule has 37 heavy (non-hydrogen) atoms. The molecule has 198 valence electrons. The second-order valence-electron chi connectivity index (χ2n) is 8.09. The number of benzene rings is 2. The summed E-state index contributed by atoms with van der Waals surface area (Å²) in [5.74, 6) is -2.18. The molecular weight excluding hydrogens is 504 g/mol. The minimum Gasteiger partial charge on any atom is -0.467 e. The molecule has 0 unspecified atom stereocenters. The summed E-state index contributed by atoms with van der Waals surface area (Å²) >= 11 is 0. The number of esters is 1. The van der Waals surface area contributed by atoms with E-state index in [1.807, 2.05) is 0 Å². The van der Waals surface area contributed by atoms with Crippen LogP contribution in [0.2, 0.25) is 0 Å². The molecule has 6 N–H and O–H groups in total. The number of nitrogen functional groups attached to an aromatic ring is 1. The van der Waals surface area contributed by atoms with Crippen molar-refractivity contribution < 1.29 is 32.3 Å².